The molecule has 2 aromatic heterocycles. The molecule has 0 aromatic carbocycles. The van der Waals surface area contributed by atoms with Gasteiger partial charge in [0.25, 0.3) is 0 Å². The van der Waals surface area contributed by atoms with E-state index < -0.39 is 0 Å². The number of aromatic nitrogens is 4. The molecular formula is C14H22N4O. The second kappa shape index (κ2) is 6.10. The molecular weight excluding hydrogens is 240 g/mol. The lowest BCUT2D eigenvalue weighted by Gasteiger charge is -2.26. The molecule has 2 aromatic rings. The fourth-order valence-electron chi connectivity index (χ4n) is 2.03. The standard InChI is InChI=1S/C12H16N4O.C2H6/c1-3-8-5-13-11-10(4-2)15-16(12(11)14-8)9-6-17-7-9;1-2/h5,9H,3-4,6-7H2,1-2H3;1-2H3. The van der Waals surface area contributed by atoms with Crippen LogP contribution in [-0.4, -0.2) is 33.0 Å². The number of nitrogens with zero attached hydrogens (tertiary/aromatic N) is 4. The molecule has 1 saturated heterocycles. The third-order valence-corrected chi connectivity index (χ3v) is 3.19. The molecule has 3 rings (SSSR count). The fourth-order valence-corrected chi connectivity index (χ4v) is 2.03. The van der Waals surface area contributed by atoms with E-state index in [2.05, 4.69) is 28.9 Å². The predicted octanol–water partition coefficient (Wildman–Crippen LogP) is 2.55. The summed E-state index contributed by atoms with van der Waals surface area (Å²) in [5.74, 6) is 0. The van der Waals surface area contributed by atoms with E-state index in [0.717, 1.165) is 48.6 Å². The Labute approximate surface area is 114 Å². The zero-order valence-electron chi connectivity index (χ0n) is 12.2. The SMILES string of the molecule is CC.CCc1cnc2c(CC)nn(C3COC3)c2n1. The maximum Gasteiger partial charge on any atom is 0.177 e. The van der Waals surface area contributed by atoms with Gasteiger partial charge in [0.1, 0.15) is 11.6 Å². The third kappa shape index (κ3) is 2.47. The van der Waals surface area contributed by atoms with Gasteiger partial charge in [-0.05, 0) is 12.8 Å². The van der Waals surface area contributed by atoms with Crippen LogP contribution in [0.3, 0.4) is 0 Å². The zero-order valence-corrected chi connectivity index (χ0v) is 12.2. The Morgan fingerprint density at radius 1 is 1.26 bits per heavy atom. The Morgan fingerprint density at radius 2 is 2.00 bits per heavy atom. The quantitative estimate of drug-likeness (QED) is 0.853. The van der Waals surface area contributed by atoms with E-state index in [1.54, 1.807) is 0 Å². The van der Waals surface area contributed by atoms with Gasteiger partial charge in [-0.2, -0.15) is 5.10 Å². The second-order valence-electron chi connectivity index (χ2n) is 4.32. The van der Waals surface area contributed by atoms with Gasteiger partial charge in [-0.3, -0.25) is 0 Å². The molecule has 0 amide bonds. The molecule has 0 saturated carbocycles. The van der Waals surface area contributed by atoms with Crippen molar-refractivity contribution in [3.8, 4) is 0 Å². The van der Waals surface area contributed by atoms with Crippen LogP contribution < -0.4 is 0 Å². The molecule has 3 heterocycles. The van der Waals surface area contributed by atoms with Crippen molar-refractivity contribution in [3.63, 3.8) is 0 Å². The first-order valence-electron chi connectivity index (χ1n) is 7.14. The molecule has 1 aliphatic heterocycles. The van der Waals surface area contributed by atoms with E-state index in [0.29, 0.717) is 6.04 Å². The zero-order chi connectivity index (χ0) is 13.8. The number of hydrogen-bond donors (Lipinski definition) is 0. The van der Waals surface area contributed by atoms with Crippen LogP contribution in [0.15, 0.2) is 6.20 Å². The summed E-state index contributed by atoms with van der Waals surface area (Å²) >= 11 is 0. The molecule has 0 unspecified atom stereocenters. The Balaban J connectivity index is 0.000000637. The maximum atomic E-state index is 5.23. The van der Waals surface area contributed by atoms with Crippen LogP contribution in [0.5, 0.6) is 0 Å². The topological polar surface area (TPSA) is 52.8 Å². The van der Waals surface area contributed by atoms with Crippen molar-refractivity contribution < 1.29 is 4.74 Å². The first kappa shape index (κ1) is 13.9. The van der Waals surface area contributed by atoms with Gasteiger partial charge >= 0.3 is 0 Å². The molecule has 19 heavy (non-hydrogen) atoms. The summed E-state index contributed by atoms with van der Waals surface area (Å²) in [6, 6.07) is 0.333. The van der Waals surface area contributed by atoms with Crippen molar-refractivity contribution in [1.82, 2.24) is 19.7 Å². The number of ether oxygens (including phenoxy) is 1. The monoisotopic (exact) mass is 262 g/mol. The summed E-state index contributed by atoms with van der Waals surface area (Å²) in [7, 11) is 0. The highest BCUT2D eigenvalue weighted by molar-refractivity contribution is 5.73. The summed E-state index contributed by atoms with van der Waals surface area (Å²) in [4.78, 5) is 9.15. The number of rotatable bonds is 3. The minimum absolute atomic E-state index is 0.333. The summed E-state index contributed by atoms with van der Waals surface area (Å²) in [5, 5.41) is 4.62. The highest BCUT2D eigenvalue weighted by atomic mass is 16.5. The van der Waals surface area contributed by atoms with Crippen LogP contribution in [0.4, 0.5) is 0 Å². The van der Waals surface area contributed by atoms with Gasteiger partial charge in [0.05, 0.1) is 24.6 Å². The molecule has 0 N–H and O–H groups in total. The van der Waals surface area contributed by atoms with Crippen LogP contribution in [0.2, 0.25) is 0 Å². The normalized spacial score (nSPS) is 14.9. The summed E-state index contributed by atoms with van der Waals surface area (Å²) in [6.07, 6.45) is 3.64. The fraction of sp³-hybridized carbons (Fsp3) is 0.643. The van der Waals surface area contributed by atoms with E-state index in [1.807, 2.05) is 24.7 Å². The smallest absolute Gasteiger partial charge is 0.177 e. The average Bonchev–Trinajstić information content (AvgIpc) is 2.77. The van der Waals surface area contributed by atoms with E-state index in [-0.39, 0.29) is 0 Å². The molecule has 0 radical (unpaired) electrons. The van der Waals surface area contributed by atoms with Crippen molar-refractivity contribution in [1.29, 1.82) is 0 Å². The summed E-state index contributed by atoms with van der Waals surface area (Å²) in [5.41, 5.74) is 3.90. The van der Waals surface area contributed by atoms with Crippen LogP contribution in [0.25, 0.3) is 11.2 Å². The van der Waals surface area contributed by atoms with Crippen molar-refractivity contribution in [2.75, 3.05) is 13.2 Å². The lowest BCUT2D eigenvalue weighted by molar-refractivity contribution is -0.0270. The van der Waals surface area contributed by atoms with Crippen molar-refractivity contribution in [3.05, 3.63) is 17.6 Å². The van der Waals surface area contributed by atoms with Gasteiger partial charge in [-0.25, -0.2) is 14.6 Å². The highest BCUT2D eigenvalue weighted by Crippen LogP contribution is 2.23. The van der Waals surface area contributed by atoms with Crippen molar-refractivity contribution >= 4 is 11.2 Å². The largest absolute Gasteiger partial charge is 0.377 e. The summed E-state index contributed by atoms with van der Waals surface area (Å²) in [6.45, 7) is 9.65. The number of fused-ring (bicyclic) bond motifs is 1. The molecule has 0 atom stereocenters. The van der Waals surface area contributed by atoms with Gasteiger partial charge in [0.2, 0.25) is 0 Å². The van der Waals surface area contributed by atoms with Gasteiger partial charge in [-0.1, -0.05) is 27.7 Å². The van der Waals surface area contributed by atoms with Crippen molar-refractivity contribution in [2.45, 2.75) is 46.6 Å². The minimum atomic E-state index is 0.333. The molecule has 0 aliphatic carbocycles. The third-order valence-electron chi connectivity index (χ3n) is 3.19. The lowest BCUT2D eigenvalue weighted by Crippen LogP contribution is -2.31. The second-order valence-corrected chi connectivity index (χ2v) is 4.32. The molecule has 104 valence electrons. The lowest BCUT2D eigenvalue weighted by atomic mass is 10.2. The van der Waals surface area contributed by atoms with Crippen LogP contribution in [0, 0.1) is 0 Å². The Hall–Kier alpha value is -1.49. The molecule has 1 fully saturated rings. The Kier molecular flexibility index (Phi) is 4.47. The van der Waals surface area contributed by atoms with E-state index in [9.17, 15) is 0 Å². The Bertz CT molecular complexity index is 546. The van der Waals surface area contributed by atoms with E-state index in [4.69, 9.17) is 4.74 Å². The summed E-state index contributed by atoms with van der Waals surface area (Å²) < 4.78 is 7.22. The van der Waals surface area contributed by atoms with Gasteiger partial charge in [0, 0.05) is 6.20 Å². The van der Waals surface area contributed by atoms with Crippen LogP contribution >= 0.6 is 0 Å². The van der Waals surface area contributed by atoms with Gasteiger partial charge in [-0.15, -0.1) is 0 Å². The molecule has 5 heteroatoms. The number of aryl methyl sites for hydroxylation is 2. The minimum Gasteiger partial charge on any atom is -0.377 e. The average molecular weight is 262 g/mol. The molecule has 5 nitrogen and oxygen atoms in total. The molecule has 0 bridgehead atoms. The van der Waals surface area contributed by atoms with E-state index >= 15 is 0 Å². The first-order chi connectivity index (χ1) is 9.33. The first-order valence-corrected chi connectivity index (χ1v) is 7.14. The van der Waals surface area contributed by atoms with Crippen LogP contribution in [0.1, 0.15) is 45.1 Å². The van der Waals surface area contributed by atoms with Crippen molar-refractivity contribution in [2.24, 2.45) is 0 Å². The van der Waals surface area contributed by atoms with Gasteiger partial charge in [0.15, 0.2) is 5.65 Å². The number of hydrogen-bond acceptors (Lipinski definition) is 4. The van der Waals surface area contributed by atoms with Crippen LogP contribution in [-0.2, 0) is 17.6 Å². The van der Waals surface area contributed by atoms with E-state index in [1.165, 1.54) is 0 Å². The Morgan fingerprint density at radius 3 is 2.53 bits per heavy atom. The maximum absolute atomic E-state index is 5.23. The predicted molar refractivity (Wildman–Crippen MR) is 75.3 cm³/mol. The van der Waals surface area contributed by atoms with Gasteiger partial charge < -0.3 is 4.74 Å². The molecule has 0 spiro atoms. The highest BCUT2D eigenvalue weighted by Gasteiger charge is 2.25. The molecule has 1 aliphatic rings.